The molecule has 0 spiro atoms. The molecule has 3 atom stereocenters. The lowest BCUT2D eigenvalue weighted by Gasteiger charge is -2.38. The Morgan fingerprint density at radius 2 is 2.15 bits per heavy atom. The second-order valence-corrected chi connectivity index (χ2v) is 9.71. The van der Waals surface area contributed by atoms with E-state index in [4.69, 9.17) is 9.15 Å². The Morgan fingerprint density at radius 1 is 1.24 bits per heavy atom. The van der Waals surface area contributed by atoms with Crippen molar-refractivity contribution < 1.29 is 19.4 Å². The highest BCUT2D eigenvalue weighted by Gasteiger charge is 2.29. The standard InChI is InChI=1S/C25H33N3O4S/c1-31-20-4-5-23-22(15-20)21(7-9-26-23)24(30)6-3-18-8-12-28(16-19(18)17-29)11-2-14-33-25-27-10-13-32-25/h4-5,7,9-10,13,15,18-19,24,29-30H,2-3,6,8,11-12,14,16-17H2,1H3/t18-,19-,24?/m1/s1. The van der Waals surface area contributed by atoms with Gasteiger partial charge in [-0.1, -0.05) is 11.8 Å². The number of piperidine rings is 1. The van der Waals surface area contributed by atoms with E-state index in [1.54, 1.807) is 37.5 Å². The fraction of sp³-hybridized carbons (Fsp3) is 0.520. The minimum atomic E-state index is -0.563. The van der Waals surface area contributed by atoms with Gasteiger partial charge in [-0.2, -0.15) is 0 Å². The van der Waals surface area contributed by atoms with Gasteiger partial charge in [-0.3, -0.25) is 4.98 Å². The molecule has 33 heavy (non-hydrogen) atoms. The Bertz CT molecular complexity index is 1000. The fourth-order valence-corrected chi connectivity index (χ4v) is 5.47. The summed E-state index contributed by atoms with van der Waals surface area (Å²) in [4.78, 5) is 11.0. The lowest BCUT2D eigenvalue weighted by atomic mass is 9.81. The molecule has 0 aliphatic carbocycles. The number of fused-ring (bicyclic) bond motifs is 1. The number of nitrogens with zero attached hydrogens (tertiary/aromatic N) is 3. The van der Waals surface area contributed by atoms with E-state index in [0.717, 1.165) is 72.1 Å². The Labute approximate surface area is 199 Å². The molecule has 0 saturated carbocycles. The molecule has 8 heteroatoms. The predicted molar refractivity (Wildman–Crippen MR) is 129 cm³/mol. The van der Waals surface area contributed by atoms with E-state index in [1.165, 1.54) is 0 Å². The van der Waals surface area contributed by atoms with Gasteiger partial charge in [0.25, 0.3) is 5.22 Å². The molecular weight excluding hydrogens is 438 g/mol. The monoisotopic (exact) mass is 471 g/mol. The predicted octanol–water partition coefficient (Wildman–Crippen LogP) is 4.16. The van der Waals surface area contributed by atoms with Crippen LogP contribution in [0, 0.1) is 11.8 Å². The number of aliphatic hydroxyl groups is 2. The minimum Gasteiger partial charge on any atom is -0.497 e. The molecule has 1 aliphatic heterocycles. The third-order valence-electron chi connectivity index (χ3n) is 6.62. The first-order chi connectivity index (χ1) is 16.2. The number of thioether (sulfide) groups is 1. The molecule has 1 aromatic carbocycles. The maximum atomic E-state index is 11.0. The molecule has 7 nitrogen and oxygen atoms in total. The van der Waals surface area contributed by atoms with Crippen molar-refractivity contribution in [2.24, 2.45) is 11.8 Å². The highest BCUT2D eigenvalue weighted by Crippen LogP contribution is 2.33. The van der Waals surface area contributed by atoms with Crippen LogP contribution in [0.2, 0.25) is 0 Å². The van der Waals surface area contributed by atoms with Crippen LogP contribution in [0.4, 0.5) is 0 Å². The molecule has 3 heterocycles. The Kier molecular flexibility index (Phi) is 8.61. The average molecular weight is 472 g/mol. The van der Waals surface area contributed by atoms with Crippen LogP contribution in [0.25, 0.3) is 10.9 Å². The van der Waals surface area contributed by atoms with Gasteiger partial charge in [0.1, 0.15) is 12.0 Å². The molecule has 1 unspecified atom stereocenters. The summed E-state index contributed by atoms with van der Waals surface area (Å²) in [6, 6.07) is 7.65. The van der Waals surface area contributed by atoms with E-state index in [0.29, 0.717) is 12.3 Å². The maximum absolute atomic E-state index is 11.0. The molecule has 1 aliphatic rings. The fourth-order valence-electron chi connectivity index (χ4n) is 4.77. The molecular formula is C25H33N3O4S. The summed E-state index contributed by atoms with van der Waals surface area (Å²) in [5.41, 5.74) is 1.75. The van der Waals surface area contributed by atoms with Gasteiger partial charge in [0, 0.05) is 30.5 Å². The average Bonchev–Trinajstić information content (AvgIpc) is 3.38. The van der Waals surface area contributed by atoms with Crippen LogP contribution in [0.15, 0.2) is 52.6 Å². The number of hydrogen-bond donors (Lipinski definition) is 2. The molecule has 1 saturated heterocycles. The largest absolute Gasteiger partial charge is 0.497 e. The first-order valence-corrected chi connectivity index (χ1v) is 12.6. The third-order valence-corrected chi connectivity index (χ3v) is 7.56. The number of aromatic nitrogens is 2. The van der Waals surface area contributed by atoms with Crippen LogP contribution >= 0.6 is 11.8 Å². The molecule has 2 aromatic heterocycles. The van der Waals surface area contributed by atoms with E-state index < -0.39 is 6.10 Å². The topological polar surface area (TPSA) is 91.9 Å². The quantitative estimate of drug-likeness (QED) is 0.318. The lowest BCUT2D eigenvalue weighted by Crippen LogP contribution is -2.42. The zero-order valence-electron chi connectivity index (χ0n) is 19.1. The molecule has 0 bridgehead atoms. The zero-order valence-corrected chi connectivity index (χ0v) is 19.9. The van der Waals surface area contributed by atoms with E-state index >= 15 is 0 Å². The van der Waals surface area contributed by atoms with Crippen molar-refractivity contribution in [3.8, 4) is 5.75 Å². The van der Waals surface area contributed by atoms with Crippen molar-refractivity contribution >= 4 is 22.7 Å². The summed E-state index contributed by atoms with van der Waals surface area (Å²) in [6.07, 6.45) is 8.14. The van der Waals surface area contributed by atoms with E-state index in [2.05, 4.69) is 14.9 Å². The summed E-state index contributed by atoms with van der Waals surface area (Å²) in [6.45, 7) is 3.16. The molecule has 4 rings (SSSR count). The van der Waals surface area contributed by atoms with Crippen LogP contribution in [-0.2, 0) is 0 Å². The highest BCUT2D eigenvalue weighted by molar-refractivity contribution is 7.99. The number of pyridine rings is 1. The Balaban J connectivity index is 1.27. The highest BCUT2D eigenvalue weighted by atomic mass is 32.2. The van der Waals surface area contributed by atoms with Gasteiger partial charge in [-0.15, -0.1) is 0 Å². The second kappa shape index (κ2) is 11.8. The van der Waals surface area contributed by atoms with Crippen molar-refractivity contribution in [2.45, 2.75) is 37.0 Å². The summed E-state index contributed by atoms with van der Waals surface area (Å²) in [5, 5.41) is 22.7. The number of methoxy groups -OCH3 is 1. The first kappa shape index (κ1) is 24.0. The number of oxazole rings is 1. The van der Waals surface area contributed by atoms with E-state index in [1.807, 2.05) is 24.3 Å². The molecule has 2 N–H and O–H groups in total. The summed E-state index contributed by atoms with van der Waals surface area (Å²) >= 11 is 1.64. The van der Waals surface area contributed by atoms with E-state index in [9.17, 15) is 10.2 Å². The van der Waals surface area contributed by atoms with Gasteiger partial charge in [0.2, 0.25) is 0 Å². The number of hydrogen-bond acceptors (Lipinski definition) is 8. The SMILES string of the molecule is COc1ccc2nccc(C(O)CC[C@@H]3CCN(CCCSc4ncco4)C[C@@H]3CO)c2c1. The van der Waals surface area contributed by atoms with Crippen molar-refractivity contribution in [3.05, 3.63) is 48.5 Å². The van der Waals surface area contributed by atoms with Gasteiger partial charge in [-0.25, -0.2) is 4.98 Å². The van der Waals surface area contributed by atoms with Gasteiger partial charge >= 0.3 is 0 Å². The number of ether oxygens (including phenoxy) is 1. The third kappa shape index (κ3) is 6.26. The minimum absolute atomic E-state index is 0.192. The van der Waals surface area contributed by atoms with Crippen LogP contribution in [0.1, 0.15) is 37.4 Å². The van der Waals surface area contributed by atoms with Crippen molar-refractivity contribution in [2.75, 3.05) is 39.1 Å². The van der Waals surface area contributed by atoms with Crippen LogP contribution < -0.4 is 4.74 Å². The Hall–Kier alpha value is -2.13. The van der Waals surface area contributed by atoms with Gasteiger partial charge in [0.05, 0.1) is 24.9 Å². The molecule has 0 radical (unpaired) electrons. The normalized spacial score (nSPS) is 20.2. The number of benzene rings is 1. The summed E-state index contributed by atoms with van der Waals surface area (Å²) < 4.78 is 10.6. The van der Waals surface area contributed by atoms with Crippen LogP contribution in [0.5, 0.6) is 5.75 Å². The van der Waals surface area contributed by atoms with Crippen LogP contribution in [0.3, 0.4) is 0 Å². The molecule has 3 aromatic rings. The smallest absolute Gasteiger partial charge is 0.255 e. The number of rotatable bonds is 11. The van der Waals surface area contributed by atoms with Crippen LogP contribution in [-0.4, -0.2) is 64.2 Å². The second-order valence-electron chi connectivity index (χ2n) is 8.67. The summed E-state index contributed by atoms with van der Waals surface area (Å²) in [7, 11) is 1.64. The van der Waals surface area contributed by atoms with Crippen molar-refractivity contribution in [1.82, 2.24) is 14.9 Å². The van der Waals surface area contributed by atoms with E-state index in [-0.39, 0.29) is 12.5 Å². The molecule has 178 valence electrons. The number of likely N-dealkylation sites (tertiary alicyclic amines) is 1. The Morgan fingerprint density at radius 3 is 2.94 bits per heavy atom. The van der Waals surface area contributed by atoms with Gasteiger partial charge < -0.3 is 24.3 Å². The lowest BCUT2D eigenvalue weighted by molar-refractivity contribution is 0.0580. The summed E-state index contributed by atoms with van der Waals surface area (Å²) in [5.74, 6) is 2.40. The molecule has 0 amide bonds. The van der Waals surface area contributed by atoms with Gasteiger partial charge in [-0.05, 0) is 80.4 Å². The first-order valence-electron chi connectivity index (χ1n) is 11.6. The molecule has 1 fully saturated rings. The van der Waals surface area contributed by atoms with Gasteiger partial charge in [0.15, 0.2) is 0 Å². The van der Waals surface area contributed by atoms with Crippen molar-refractivity contribution in [1.29, 1.82) is 0 Å². The maximum Gasteiger partial charge on any atom is 0.255 e. The van der Waals surface area contributed by atoms with Crippen molar-refractivity contribution in [3.63, 3.8) is 0 Å². The zero-order chi connectivity index (χ0) is 23.0. The number of aliphatic hydroxyl groups excluding tert-OH is 2.